The van der Waals surface area contributed by atoms with Crippen LogP contribution < -0.4 is 0 Å². The highest BCUT2D eigenvalue weighted by Crippen LogP contribution is 2.21. The van der Waals surface area contributed by atoms with Gasteiger partial charge in [0.05, 0.1) is 6.67 Å². The fourth-order valence-corrected chi connectivity index (χ4v) is 1.30. The summed E-state index contributed by atoms with van der Waals surface area (Å²) in [5.41, 5.74) is 0.145. The maximum Gasteiger partial charge on any atom is 0.220 e. The molecule has 64 valence electrons. The Labute approximate surface area is 68.0 Å². The maximum absolute atomic E-state index is 11.0. The van der Waals surface area contributed by atoms with Crippen molar-refractivity contribution in [1.29, 1.82) is 0 Å². The van der Waals surface area contributed by atoms with Crippen molar-refractivity contribution >= 4 is 5.91 Å². The van der Waals surface area contributed by atoms with Gasteiger partial charge < -0.3 is 4.90 Å². The largest absolute Gasteiger partial charge is 0.328 e. The zero-order valence-electron chi connectivity index (χ0n) is 7.72. The molecule has 0 atom stereocenters. The van der Waals surface area contributed by atoms with Gasteiger partial charge in [-0.15, -0.1) is 0 Å². The van der Waals surface area contributed by atoms with Crippen LogP contribution in [0.3, 0.4) is 0 Å². The van der Waals surface area contributed by atoms with Gasteiger partial charge in [0.1, 0.15) is 0 Å². The molecular weight excluding hydrogens is 140 g/mol. The van der Waals surface area contributed by atoms with Crippen molar-refractivity contribution in [3.63, 3.8) is 0 Å². The number of amides is 1. The Balaban J connectivity index is 2.64. The summed E-state index contributed by atoms with van der Waals surface area (Å²) in [6, 6.07) is 0. The second kappa shape index (κ2) is 2.48. The third-order valence-electron chi connectivity index (χ3n) is 2.44. The van der Waals surface area contributed by atoms with Gasteiger partial charge in [0.25, 0.3) is 0 Å². The van der Waals surface area contributed by atoms with Crippen LogP contribution in [0.1, 0.15) is 20.8 Å². The Morgan fingerprint density at radius 1 is 1.45 bits per heavy atom. The molecule has 0 aromatic heterocycles. The number of rotatable bonds is 0. The van der Waals surface area contributed by atoms with Gasteiger partial charge >= 0.3 is 0 Å². The van der Waals surface area contributed by atoms with Crippen LogP contribution in [0.25, 0.3) is 0 Å². The number of likely N-dealkylation sites (N-methyl/N-ethyl adjacent to an activating group) is 1. The first-order valence-electron chi connectivity index (χ1n) is 3.90. The van der Waals surface area contributed by atoms with Gasteiger partial charge in [-0.25, -0.2) is 0 Å². The van der Waals surface area contributed by atoms with Crippen LogP contribution in [0.5, 0.6) is 0 Å². The van der Waals surface area contributed by atoms with E-state index in [2.05, 4.69) is 18.7 Å². The molecule has 0 saturated carbocycles. The van der Waals surface area contributed by atoms with Crippen molar-refractivity contribution < 1.29 is 4.79 Å². The van der Waals surface area contributed by atoms with Crippen LogP contribution in [0, 0.1) is 0 Å². The lowest BCUT2D eigenvalue weighted by atomic mass is 10.1. The molecule has 0 aromatic rings. The average molecular weight is 156 g/mol. The van der Waals surface area contributed by atoms with E-state index in [9.17, 15) is 4.79 Å². The van der Waals surface area contributed by atoms with E-state index in [1.807, 2.05) is 11.9 Å². The molecule has 0 unspecified atom stereocenters. The normalized spacial score (nSPS) is 24.2. The highest BCUT2D eigenvalue weighted by Gasteiger charge is 2.35. The van der Waals surface area contributed by atoms with E-state index in [0.717, 1.165) is 13.2 Å². The van der Waals surface area contributed by atoms with E-state index in [1.165, 1.54) is 0 Å². The molecule has 1 aliphatic heterocycles. The summed E-state index contributed by atoms with van der Waals surface area (Å²) in [4.78, 5) is 15.0. The highest BCUT2D eigenvalue weighted by molar-refractivity contribution is 5.73. The molecule has 1 rings (SSSR count). The Morgan fingerprint density at radius 2 is 2.00 bits per heavy atom. The minimum absolute atomic E-state index is 0.145. The lowest BCUT2D eigenvalue weighted by Crippen LogP contribution is -2.36. The predicted octanol–water partition coefficient (Wildman–Crippen LogP) is 0.516. The topological polar surface area (TPSA) is 23.6 Å². The number of carbonyl (C=O) groups is 1. The van der Waals surface area contributed by atoms with Gasteiger partial charge in [0.15, 0.2) is 0 Å². The molecular formula is C8H16N2O. The minimum Gasteiger partial charge on any atom is -0.328 e. The van der Waals surface area contributed by atoms with Crippen molar-refractivity contribution in [1.82, 2.24) is 9.80 Å². The number of hydrogen-bond acceptors (Lipinski definition) is 2. The standard InChI is InChI=1S/C8H16N2O/c1-7(11)10-5-8(2,3)9(4)6-10/h5-6H2,1-4H3. The Kier molecular flexibility index (Phi) is 1.92. The van der Waals surface area contributed by atoms with E-state index < -0.39 is 0 Å². The molecule has 0 aromatic carbocycles. The number of carbonyl (C=O) groups excluding carboxylic acids is 1. The van der Waals surface area contributed by atoms with Crippen LogP contribution in [-0.2, 0) is 4.79 Å². The number of hydrogen-bond donors (Lipinski definition) is 0. The molecule has 0 radical (unpaired) electrons. The minimum atomic E-state index is 0.145. The molecule has 11 heavy (non-hydrogen) atoms. The lowest BCUT2D eigenvalue weighted by Gasteiger charge is -2.24. The molecule has 0 spiro atoms. The third-order valence-corrected chi connectivity index (χ3v) is 2.44. The van der Waals surface area contributed by atoms with Crippen LogP contribution >= 0.6 is 0 Å². The van der Waals surface area contributed by atoms with Gasteiger partial charge in [-0.2, -0.15) is 0 Å². The second-order valence-electron chi connectivity index (χ2n) is 3.87. The predicted molar refractivity (Wildman–Crippen MR) is 44.1 cm³/mol. The first-order chi connectivity index (χ1) is 4.93. The zero-order valence-corrected chi connectivity index (χ0v) is 7.72. The third kappa shape index (κ3) is 1.53. The quantitative estimate of drug-likeness (QED) is 0.510. The van der Waals surface area contributed by atoms with E-state index in [0.29, 0.717) is 0 Å². The summed E-state index contributed by atoms with van der Waals surface area (Å²) in [7, 11) is 2.04. The van der Waals surface area contributed by atoms with E-state index >= 15 is 0 Å². The summed E-state index contributed by atoms with van der Waals surface area (Å²) in [5, 5.41) is 0. The van der Waals surface area contributed by atoms with Gasteiger partial charge in [0.2, 0.25) is 5.91 Å². The lowest BCUT2D eigenvalue weighted by molar-refractivity contribution is -0.128. The SMILES string of the molecule is CC(=O)N1CN(C)C(C)(C)C1. The van der Waals surface area contributed by atoms with E-state index in [4.69, 9.17) is 0 Å². The van der Waals surface area contributed by atoms with Crippen molar-refractivity contribution in [2.45, 2.75) is 26.3 Å². The zero-order chi connectivity index (χ0) is 8.65. The van der Waals surface area contributed by atoms with Crippen LogP contribution in [0.15, 0.2) is 0 Å². The molecule has 1 aliphatic rings. The molecule has 1 amide bonds. The van der Waals surface area contributed by atoms with Gasteiger partial charge in [-0.1, -0.05) is 0 Å². The highest BCUT2D eigenvalue weighted by atomic mass is 16.2. The molecule has 1 saturated heterocycles. The molecule has 3 nitrogen and oxygen atoms in total. The molecule has 0 N–H and O–H groups in total. The van der Waals surface area contributed by atoms with Crippen molar-refractivity contribution in [3.8, 4) is 0 Å². The summed E-state index contributed by atoms with van der Waals surface area (Å²) in [5.74, 6) is 0.169. The van der Waals surface area contributed by atoms with Crippen molar-refractivity contribution in [2.75, 3.05) is 20.3 Å². The molecule has 1 fully saturated rings. The molecule has 1 heterocycles. The summed E-state index contributed by atoms with van der Waals surface area (Å²) < 4.78 is 0. The summed E-state index contributed by atoms with van der Waals surface area (Å²) in [6.07, 6.45) is 0. The fraction of sp³-hybridized carbons (Fsp3) is 0.875. The van der Waals surface area contributed by atoms with Gasteiger partial charge in [-0.3, -0.25) is 9.69 Å². The Morgan fingerprint density at radius 3 is 2.18 bits per heavy atom. The number of nitrogens with zero attached hydrogens (tertiary/aromatic N) is 2. The monoisotopic (exact) mass is 156 g/mol. The van der Waals surface area contributed by atoms with E-state index in [1.54, 1.807) is 6.92 Å². The summed E-state index contributed by atoms with van der Waals surface area (Å²) in [6.45, 7) is 7.53. The first kappa shape index (κ1) is 8.53. The molecule has 0 bridgehead atoms. The van der Waals surface area contributed by atoms with Crippen LogP contribution in [0.4, 0.5) is 0 Å². The Hall–Kier alpha value is -0.570. The second-order valence-corrected chi connectivity index (χ2v) is 3.87. The van der Waals surface area contributed by atoms with E-state index in [-0.39, 0.29) is 11.4 Å². The van der Waals surface area contributed by atoms with Gasteiger partial charge in [-0.05, 0) is 20.9 Å². The van der Waals surface area contributed by atoms with Crippen molar-refractivity contribution in [2.24, 2.45) is 0 Å². The summed E-state index contributed by atoms with van der Waals surface area (Å²) >= 11 is 0. The Bertz CT molecular complexity index is 177. The molecule has 3 heteroatoms. The maximum atomic E-state index is 11.0. The smallest absolute Gasteiger partial charge is 0.220 e. The van der Waals surface area contributed by atoms with Crippen LogP contribution in [0.2, 0.25) is 0 Å². The van der Waals surface area contributed by atoms with Gasteiger partial charge in [0, 0.05) is 19.0 Å². The molecule has 0 aliphatic carbocycles. The van der Waals surface area contributed by atoms with Crippen LogP contribution in [-0.4, -0.2) is 41.5 Å². The fourth-order valence-electron chi connectivity index (χ4n) is 1.30. The average Bonchev–Trinajstić information content (AvgIpc) is 2.08. The van der Waals surface area contributed by atoms with Crippen molar-refractivity contribution in [3.05, 3.63) is 0 Å². The first-order valence-corrected chi connectivity index (χ1v) is 3.90.